The molecule has 0 radical (unpaired) electrons. The molecule has 2 N–H and O–H groups in total. The first kappa shape index (κ1) is 21.5. The number of rotatable bonds is 7. The van der Waals surface area contributed by atoms with Gasteiger partial charge in [-0.3, -0.25) is 4.79 Å². The lowest BCUT2D eigenvalue weighted by Gasteiger charge is -2.17. The molecule has 0 saturated carbocycles. The van der Waals surface area contributed by atoms with E-state index in [0.717, 1.165) is 16.0 Å². The van der Waals surface area contributed by atoms with Crippen molar-refractivity contribution in [2.75, 3.05) is 11.6 Å². The number of thioether (sulfide) groups is 1. The number of anilines is 1. The molecule has 0 spiro atoms. The summed E-state index contributed by atoms with van der Waals surface area (Å²) < 4.78 is 28.3. The van der Waals surface area contributed by atoms with Crippen molar-refractivity contribution in [3.8, 4) is 0 Å². The zero-order chi connectivity index (χ0) is 20.2. The van der Waals surface area contributed by atoms with Gasteiger partial charge in [0.1, 0.15) is 0 Å². The van der Waals surface area contributed by atoms with E-state index in [9.17, 15) is 13.2 Å². The molecule has 0 bridgehead atoms. The van der Waals surface area contributed by atoms with E-state index in [0.29, 0.717) is 5.69 Å². The van der Waals surface area contributed by atoms with Crippen LogP contribution in [0.4, 0.5) is 5.69 Å². The fraction of sp³-hybridized carbons (Fsp3) is 0.350. The highest BCUT2D eigenvalue weighted by Crippen LogP contribution is 2.29. The zero-order valence-electron chi connectivity index (χ0n) is 16.2. The maximum absolute atomic E-state index is 12.8. The van der Waals surface area contributed by atoms with Gasteiger partial charge in [-0.05, 0) is 43.9 Å². The van der Waals surface area contributed by atoms with E-state index in [1.807, 2.05) is 37.4 Å². The van der Waals surface area contributed by atoms with Crippen LogP contribution in [0.3, 0.4) is 0 Å². The third-order valence-electron chi connectivity index (χ3n) is 4.17. The van der Waals surface area contributed by atoms with Crippen LogP contribution in [0.5, 0.6) is 0 Å². The average molecular weight is 407 g/mol. The Hall–Kier alpha value is -1.83. The van der Waals surface area contributed by atoms with Crippen LogP contribution < -0.4 is 10.0 Å². The molecule has 146 valence electrons. The fourth-order valence-corrected chi connectivity index (χ4v) is 4.24. The van der Waals surface area contributed by atoms with Crippen LogP contribution in [-0.4, -0.2) is 20.6 Å². The number of aryl methyl sites for hydroxylation is 1. The Morgan fingerprint density at radius 3 is 2.22 bits per heavy atom. The molecule has 2 rings (SSSR count). The standard InChI is InChI=1S/C20H26N2O3S2/c1-13(2)20(23)21-18-12-17(10-11-19(18)26-5)27(24,25)22-15(4)16-8-6-14(3)7-9-16/h6-13,15,22H,1-5H3,(H,21,23)/t15-/m1/s1. The molecule has 0 unspecified atom stereocenters. The second-order valence-electron chi connectivity index (χ2n) is 6.76. The van der Waals surface area contributed by atoms with E-state index in [1.165, 1.54) is 17.8 Å². The number of carbonyl (C=O) groups excluding carboxylic acids is 1. The minimum Gasteiger partial charge on any atom is -0.325 e. The van der Waals surface area contributed by atoms with Gasteiger partial charge in [0.15, 0.2) is 0 Å². The Balaban J connectivity index is 2.29. The average Bonchev–Trinajstić information content (AvgIpc) is 2.61. The van der Waals surface area contributed by atoms with Crippen molar-refractivity contribution >= 4 is 33.4 Å². The summed E-state index contributed by atoms with van der Waals surface area (Å²) in [7, 11) is -3.73. The first-order valence-corrected chi connectivity index (χ1v) is 11.4. The van der Waals surface area contributed by atoms with Crippen molar-refractivity contribution in [3.05, 3.63) is 53.6 Å². The summed E-state index contributed by atoms with van der Waals surface area (Å²) in [6.07, 6.45) is 1.88. The lowest BCUT2D eigenvalue weighted by atomic mass is 10.1. The number of sulfonamides is 1. The molecular formula is C20H26N2O3S2. The molecule has 5 nitrogen and oxygen atoms in total. The van der Waals surface area contributed by atoms with E-state index in [4.69, 9.17) is 0 Å². The molecule has 2 aromatic carbocycles. The van der Waals surface area contributed by atoms with E-state index in [1.54, 1.807) is 32.9 Å². The number of benzene rings is 2. The maximum atomic E-state index is 12.8. The number of carbonyl (C=O) groups is 1. The van der Waals surface area contributed by atoms with Gasteiger partial charge >= 0.3 is 0 Å². The van der Waals surface area contributed by atoms with Crippen LogP contribution in [0.2, 0.25) is 0 Å². The van der Waals surface area contributed by atoms with Crippen LogP contribution in [0.1, 0.15) is 37.9 Å². The van der Waals surface area contributed by atoms with E-state index >= 15 is 0 Å². The first-order chi connectivity index (χ1) is 12.6. The van der Waals surface area contributed by atoms with Crippen molar-refractivity contribution < 1.29 is 13.2 Å². The van der Waals surface area contributed by atoms with Crippen LogP contribution in [0.25, 0.3) is 0 Å². The molecular weight excluding hydrogens is 380 g/mol. The second-order valence-corrected chi connectivity index (χ2v) is 9.32. The molecule has 0 heterocycles. The van der Waals surface area contributed by atoms with E-state index < -0.39 is 10.0 Å². The SMILES string of the molecule is CSc1ccc(S(=O)(=O)N[C@H](C)c2ccc(C)cc2)cc1NC(=O)C(C)C. The van der Waals surface area contributed by atoms with E-state index in [-0.39, 0.29) is 22.8 Å². The molecule has 0 aliphatic rings. The molecule has 7 heteroatoms. The van der Waals surface area contributed by atoms with Gasteiger partial charge in [0.2, 0.25) is 15.9 Å². The van der Waals surface area contributed by atoms with Crippen molar-refractivity contribution in [2.45, 2.75) is 43.5 Å². The zero-order valence-corrected chi connectivity index (χ0v) is 17.9. The molecule has 0 saturated heterocycles. The Morgan fingerprint density at radius 2 is 1.67 bits per heavy atom. The molecule has 0 aliphatic carbocycles. The number of hydrogen-bond acceptors (Lipinski definition) is 4. The second kappa shape index (κ2) is 8.91. The van der Waals surface area contributed by atoms with Crippen molar-refractivity contribution in [1.29, 1.82) is 0 Å². The monoisotopic (exact) mass is 406 g/mol. The number of amides is 1. The van der Waals surface area contributed by atoms with Crippen LogP contribution >= 0.6 is 11.8 Å². The van der Waals surface area contributed by atoms with Crippen molar-refractivity contribution in [3.63, 3.8) is 0 Å². The molecule has 0 aromatic heterocycles. The number of hydrogen-bond donors (Lipinski definition) is 2. The topological polar surface area (TPSA) is 75.3 Å². The summed E-state index contributed by atoms with van der Waals surface area (Å²) in [6, 6.07) is 12.1. The smallest absolute Gasteiger partial charge is 0.241 e. The van der Waals surface area contributed by atoms with Gasteiger partial charge < -0.3 is 5.32 Å². The lowest BCUT2D eigenvalue weighted by Crippen LogP contribution is -2.27. The largest absolute Gasteiger partial charge is 0.325 e. The Kier molecular flexibility index (Phi) is 7.08. The minimum absolute atomic E-state index is 0.123. The summed E-state index contributed by atoms with van der Waals surface area (Å²) in [5.41, 5.74) is 2.51. The van der Waals surface area contributed by atoms with Gasteiger partial charge in [-0.25, -0.2) is 13.1 Å². The quantitative estimate of drug-likeness (QED) is 0.670. The Morgan fingerprint density at radius 1 is 1.04 bits per heavy atom. The summed E-state index contributed by atoms with van der Waals surface area (Å²) in [5, 5.41) is 2.81. The van der Waals surface area contributed by atoms with Crippen LogP contribution in [0.15, 0.2) is 52.3 Å². The maximum Gasteiger partial charge on any atom is 0.241 e. The van der Waals surface area contributed by atoms with Crippen molar-refractivity contribution in [2.24, 2.45) is 5.92 Å². The summed E-state index contributed by atoms with van der Waals surface area (Å²) in [5.74, 6) is -0.347. The first-order valence-electron chi connectivity index (χ1n) is 8.72. The Labute approximate surface area is 166 Å². The van der Waals surface area contributed by atoms with Crippen molar-refractivity contribution in [1.82, 2.24) is 4.72 Å². The van der Waals surface area contributed by atoms with Gasteiger partial charge in [0.25, 0.3) is 0 Å². The molecule has 0 fully saturated rings. The minimum atomic E-state index is -3.73. The molecule has 2 aromatic rings. The highest BCUT2D eigenvalue weighted by molar-refractivity contribution is 7.98. The molecule has 0 aliphatic heterocycles. The number of nitrogens with one attached hydrogen (secondary N) is 2. The third kappa shape index (κ3) is 5.57. The van der Waals surface area contributed by atoms with Gasteiger partial charge in [0, 0.05) is 16.9 Å². The van der Waals surface area contributed by atoms with E-state index in [2.05, 4.69) is 10.0 Å². The fourth-order valence-electron chi connectivity index (χ4n) is 2.45. The van der Waals surface area contributed by atoms with Crippen LogP contribution in [0, 0.1) is 12.8 Å². The normalized spacial score (nSPS) is 12.8. The molecule has 1 amide bonds. The third-order valence-corrected chi connectivity index (χ3v) is 6.51. The predicted octanol–water partition coefficient (Wildman–Crippen LogP) is 4.35. The van der Waals surface area contributed by atoms with Crippen LogP contribution in [-0.2, 0) is 14.8 Å². The van der Waals surface area contributed by atoms with Gasteiger partial charge in [0.05, 0.1) is 10.6 Å². The highest BCUT2D eigenvalue weighted by Gasteiger charge is 2.20. The summed E-state index contributed by atoms with van der Waals surface area (Å²) >= 11 is 1.45. The lowest BCUT2D eigenvalue weighted by molar-refractivity contribution is -0.118. The molecule has 27 heavy (non-hydrogen) atoms. The van der Waals surface area contributed by atoms with Gasteiger partial charge in [-0.2, -0.15) is 0 Å². The molecule has 1 atom stereocenters. The Bertz CT molecular complexity index is 907. The van der Waals surface area contributed by atoms with Gasteiger partial charge in [-0.15, -0.1) is 11.8 Å². The highest BCUT2D eigenvalue weighted by atomic mass is 32.2. The predicted molar refractivity (Wildman–Crippen MR) is 112 cm³/mol. The summed E-state index contributed by atoms with van der Waals surface area (Å²) in [6.45, 7) is 7.37. The van der Waals surface area contributed by atoms with Gasteiger partial charge in [-0.1, -0.05) is 43.7 Å². The summed E-state index contributed by atoms with van der Waals surface area (Å²) in [4.78, 5) is 13.0.